The van der Waals surface area contributed by atoms with Gasteiger partial charge in [-0.2, -0.15) is 0 Å². The predicted molar refractivity (Wildman–Crippen MR) is 123 cm³/mol. The summed E-state index contributed by atoms with van der Waals surface area (Å²) >= 11 is 6.17. The Kier molecular flexibility index (Phi) is 5.42. The highest BCUT2D eigenvalue weighted by molar-refractivity contribution is 6.30. The number of nitrogens with one attached hydrogen (secondary N) is 1. The number of para-hydroxylation sites is 1. The Bertz CT molecular complexity index is 1180. The van der Waals surface area contributed by atoms with Gasteiger partial charge in [0.25, 0.3) is 0 Å². The topological polar surface area (TPSA) is 49.4 Å². The SMILES string of the molecule is CC(=O)Nc1ccccc1-c1ccc2c(c1)CN(C(C)=O)c1ccc(Cl)cc1C=C2. The standard InChI is InChI=1S/C25H21ClN2O2/c1-16(29)27-24-6-4-3-5-23(24)19-9-7-18-8-10-20-14-22(26)11-12-25(20)28(17(2)30)15-21(18)13-19/h3-14H,15H2,1-2H3,(H,27,29). The summed E-state index contributed by atoms with van der Waals surface area (Å²) in [6, 6.07) is 19.4. The van der Waals surface area contributed by atoms with Gasteiger partial charge in [0.15, 0.2) is 0 Å². The van der Waals surface area contributed by atoms with Crippen LogP contribution in [-0.2, 0) is 16.1 Å². The van der Waals surface area contributed by atoms with Crippen molar-refractivity contribution in [3.8, 4) is 11.1 Å². The summed E-state index contributed by atoms with van der Waals surface area (Å²) in [7, 11) is 0. The minimum absolute atomic E-state index is 0.0381. The number of hydrogen-bond donors (Lipinski definition) is 1. The summed E-state index contributed by atoms with van der Waals surface area (Å²) in [5.74, 6) is -0.154. The molecule has 0 aromatic heterocycles. The van der Waals surface area contributed by atoms with Crippen LogP contribution in [-0.4, -0.2) is 11.8 Å². The molecule has 4 nitrogen and oxygen atoms in total. The van der Waals surface area contributed by atoms with E-state index >= 15 is 0 Å². The largest absolute Gasteiger partial charge is 0.326 e. The zero-order valence-electron chi connectivity index (χ0n) is 16.8. The molecule has 0 unspecified atom stereocenters. The number of carbonyl (C=O) groups excluding carboxylic acids is 2. The van der Waals surface area contributed by atoms with Gasteiger partial charge in [0.05, 0.1) is 12.2 Å². The van der Waals surface area contributed by atoms with Crippen LogP contribution in [0.3, 0.4) is 0 Å². The molecular formula is C25H21ClN2O2. The van der Waals surface area contributed by atoms with Gasteiger partial charge in [0.2, 0.25) is 11.8 Å². The van der Waals surface area contributed by atoms with Crippen molar-refractivity contribution in [2.45, 2.75) is 20.4 Å². The average molecular weight is 417 g/mol. The third kappa shape index (κ3) is 4.00. The molecule has 0 bridgehead atoms. The molecule has 30 heavy (non-hydrogen) atoms. The van der Waals surface area contributed by atoms with Gasteiger partial charge in [-0.25, -0.2) is 0 Å². The van der Waals surface area contributed by atoms with Gasteiger partial charge in [-0.15, -0.1) is 0 Å². The minimum Gasteiger partial charge on any atom is -0.326 e. The molecule has 0 saturated heterocycles. The fourth-order valence-electron chi connectivity index (χ4n) is 3.73. The van der Waals surface area contributed by atoms with E-state index in [1.807, 2.05) is 60.7 Å². The summed E-state index contributed by atoms with van der Waals surface area (Å²) in [6.45, 7) is 3.51. The summed E-state index contributed by atoms with van der Waals surface area (Å²) in [4.78, 5) is 25.8. The van der Waals surface area contributed by atoms with Gasteiger partial charge in [0, 0.05) is 30.1 Å². The van der Waals surface area contributed by atoms with E-state index in [1.54, 1.807) is 17.9 Å². The third-order valence-corrected chi connectivity index (χ3v) is 5.36. The van der Waals surface area contributed by atoms with E-state index < -0.39 is 0 Å². The molecule has 0 saturated carbocycles. The number of halogens is 1. The first-order chi connectivity index (χ1) is 14.4. The summed E-state index contributed by atoms with van der Waals surface area (Å²) in [5.41, 5.74) is 6.47. The average Bonchev–Trinajstić information content (AvgIpc) is 2.69. The van der Waals surface area contributed by atoms with Crippen LogP contribution in [0.4, 0.5) is 11.4 Å². The van der Waals surface area contributed by atoms with Gasteiger partial charge < -0.3 is 10.2 Å². The van der Waals surface area contributed by atoms with E-state index in [-0.39, 0.29) is 11.8 Å². The third-order valence-electron chi connectivity index (χ3n) is 5.12. The second-order valence-electron chi connectivity index (χ2n) is 7.28. The highest BCUT2D eigenvalue weighted by Crippen LogP contribution is 2.34. The first kappa shape index (κ1) is 19.9. The van der Waals surface area contributed by atoms with Crippen molar-refractivity contribution in [3.05, 3.63) is 82.4 Å². The fraction of sp³-hybridized carbons (Fsp3) is 0.120. The molecule has 0 spiro atoms. The van der Waals surface area contributed by atoms with Crippen molar-refractivity contribution in [2.75, 3.05) is 10.2 Å². The van der Waals surface area contributed by atoms with Crippen molar-refractivity contribution < 1.29 is 9.59 Å². The number of anilines is 2. The Hall–Kier alpha value is -3.37. The van der Waals surface area contributed by atoms with Crippen LogP contribution in [0.1, 0.15) is 30.5 Å². The maximum Gasteiger partial charge on any atom is 0.224 e. The smallest absolute Gasteiger partial charge is 0.224 e. The quantitative estimate of drug-likeness (QED) is 0.556. The Morgan fingerprint density at radius 3 is 2.47 bits per heavy atom. The fourth-order valence-corrected chi connectivity index (χ4v) is 3.91. The van der Waals surface area contributed by atoms with Crippen molar-refractivity contribution in [1.82, 2.24) is 0 Å². The van der Waals surface area contributed by atoms with E-state index in [2.05, 4.69) is 11.4 Å². The number of rotatable bonds is 2. The van der Waals surface area contributed by atoms with Crippen molar-refractivity contribution in [1.29, 1.82) is 0 Å². The molecule has 3 aromatic carbocycles. The van der Waals surface area contributed by atoms with Crippen LogP contribution in [0.25, 0.3) is 23.3 Å². The van der Waals surface area contributed by atoms with E-state index in [0.29, 0.717) is 11.6 Å². The van der Waals surface area contributed by atoms with Gasteiger partial charge in [0.1, 0.15) is 0 Å². The molecule has 4 rings (SSSR count). The molecule has 2 amide bonds. The predicted octanol–water partition coefficient (Wildman–Crippen LogP) is 6.00. The molecule has 3 aromatic rings. The zero-order chi connectivity index (χ0) is 21.3. The molecule has 1 aliphatic heterocycles. The number of hydrogen-bond acceptors (Lipinski definition) is 2. The molecule has 0 radical (unpaired) electrons. The number of amides is 2. The lowest BCUT2D eigenvalue weighted by Crippen LogP contribution is -2.29. The molecule has 1 aliphatic rings. The number of nitrogens with zero attached hydrogens (tertiary/aromatic N) is 1. The molecule has 1 N–H and O–H groups in total. The lowest BCUT2D eigenvalue weighted by Gasteiger charge is -2.26. The van der Waals surface area contributed by atoms with Crippen molar-refractivity contribution in [3.63, 3.8) is 0 Å². The molecule has 0 aliphatic carbocycles. The number of benzene rings is 3. The summed E-state index contributed by atoms with van der Waals surface area (Å²) < 4.78 is 0. The van der Waals surface area contributed by atoms with Crippen molar-refractivity contribution >= 4 is 46.9 Å². The van der Waals surface area contributed by atoms with E-state index in [9.17, 15) is 9.59 Å². The molecule has 1 heterocycles. The number of carbonyl (C=O) groups is 2. The second-order valence-corrected chi connectivity index (χ2v) is 7.72. The summed E-state index contributed by atoms with van der Waals surface area (Å²) in [6.07, 6.45) is 4.03. The maximum atomic E-state index is 12.5. The van der Waals surface area contributed by atoms with E-state index in [4.69, 9.17) is 11.6 Å². The highest BCUT2D eigenvalue weighted by Gasteiger charge is 2.19. The molecule has 150 valence electrons. The maximum absolute atomic E-state index is 12.5. The van der Waals surface area contributed by atoms with Crippen LogP contribution >= 0.6 is 11.6 Å². The first-order valence-electron chi connectivity index (χ1n) is 9.68. The van der Waals surface area contributed by atoms with Gasteiger partial charge in [-0.05, 0) is 52.6 Å². The lowest BCUT2D eigenvalue weighted by atomic mass is 9.95. The van der Waals surface area contributed by atoms with Gasteiger partial charge in [-0.1, -0.05) is 54.1 Å². The van der Waals surface area contributed by atoms with Crippen LogP contribution in [0.2, 0.25) is 5.02 Å². The lowest BCUT2D eigenvalue weighted by molar-refractivity contribution is -0.116. The Morgan fingerprint density at radius 1 is 0.933 bits per heavy atom. The zero-order valence-corrected chi connectivity index (χ0v) is 17.5. The molecular weight excluding hydrogens is 396 g/mol. The van der Waals surface area contributed by atoms with E-state index in [0.717, 1.165) is 39.2 Å². The Balaban J connectivity index is 1.82. The van der Waals surface area contributed by atoms with Crippen LogP contribution in [0, 0.1) is 0 Å². The normalized spacial score (nSPS) is 12.4. The highest BCUT2D eigenvalue weighted by atomic mass is 35.5. The van der Waals surface area contributed by atoms with Gasteiger partial charge >= 0.3 is 0 Å². The molecule has 0 atom stereocenters. The first-order valence-corrected chi connectivity index (χ1v) is 10.1. The summed E-state index contributed by atoms with van der Waals surface area (Å²) in [5, 5.41) is 3.52. The molecule has 0 fully saturated rings. The van der Waals surface area contributed by atoms with Crippen LogP contribution in [0.5, 0.6) is 0 Å². The van der Waals surface area contributed by atoms with Crippen molar-refractivity contribution in [2.24, 2.45) is 0 Å². The van der Waals surface area contributed by atoms with Crippen LogP contribution < -0.4 is 10.2 Å². The molecule has 5 heteroatoms. The van der Waals surface area contributed by atoms with Crippen LogP contribution in [0.15, 0.2) is 60.7 Å². The second kappa shape index (κ2) is 8.17. The Labute approximate surface area is 180 Å². The minimum atomic E-state index is -0.116. The Morgan fingerprint density at radius 2 is 1.70 bits per heavy atom. The monoisotopic (exact) mass is 416 g/mol. The van der Waals surface area contributed by atoms with Gasteiger partial charge in [-0.3, -0.25) is 9.59 Å². The number of fused-ring (bicyclic) bond motifs is 2. The van der Waals surface area contributed by atoms with E-state index in [1.165, 1.54) is 6.92 Å².